The molecule has 0 bridgehead atoms. The van der Waals surface area contributed by atoms with Crippen LogP contribution in [-0.2, 0) is 19.7 Å². The van der Waals surface area contributed by atoms with Crippen LogP contribution < -0.4 is 10.1 Å². The van der Waals surface area contributed by atoms with Gasteiger partial charge < -0.3 is 10.1 Å². The molecule has 1 saturated carbocycles. The molecule has 0 saturated heterocycles. The Morgan fingerprint density at radius 2 is 2.00 bits per heavy atom. The molecule has 1 aliphatic carbocycles. The highest BCUT2D eigenvalue weighted by Gasteiger charge is 2.18. The van der Waals surface area contributed by atoms with E-state index in [2.05, 4.69) is 10.4 Å². The summed E-state index contributed by atoms with van der Waals surface area (Å²) in [4.78, 5) is 0. The largest absolute Gasteiger partial charge is 0.473 e. The highest BCUT2D eigenvalue weighted by molar-refractivity contribution is 5.20. The average molecular weight is 349 g/mol. The van der Waals surface area contributed by atoms with Gasteiger partial charge in [0, 0.05) is 30.8 Å². The van der Waals surface area contributed by atoms with E-state index in [0.717, 1.165) is 18.3 Å². The van der Waals surface area contributed by atoms with E-state index in [1.807, 2.05) is 17.8 Å². The molecule has 1 aliphatic rings. The van der Waals surface area contributed by atoms with Crippen molar-refractivity contribution in [3.8, 4) is 5.88 Å². The molecule has 0 amide bonds. The number of ether oxygens (including phenoxy) is 1. The maximum Gasteiger partial charge on any atom is 0.212 e. The Balaban J connectivity index is 1.71. The van der Waals surface area contributed by atoms with E-state index in [1.165, 1.54) is 44.2 Å². The molecule has 2 aromatic rings. The number of nitrogens with one attached hydrogen (secondary N) is 1. The lowest BCUT2D eigenvalue weighted by Gasteiger charge is -2.22. The molecular weight excluding hydrogens is 324 g/mol. The molecule has 1 heterocycles. The monoisotopic (exact) mass is 349 g/mol. The van der Waals surface area contributed by atoms with Crippen LogP contribution in [0.1, 0.15) is 43.4 Å². The van der Waals surface area contributed by atoms with Gasteiger partial charge in [-0.25, -0.2) is 13.5 Å². The van der Waals surface area contributed by atoms with Crippen molar-refractivity contribution in [1.29, 1.82) is 0 Å². The lowest BCUT2D eigenvalue weighted by atomic mass is 9.89. The van der Waals surface area contributed by atoms with Gasteiger partial charge in [0.2, 0.25) is 5.88 Å². The van der Waals surface area contributed by atoms with Crippen molar-refractivity contribution in [2.45, 2.75) is 51.8 Å². The van der Waals surface area contributed by atoms with Gasteiger partial charge in [0.15, 0.2) is 0 Å². The molecule has 0 atom stereocenters. The van der Waals surface area contributed by atoms with E-state index in [4.69, 9.17) is 4.74 Å². The van der Waals surface area contributed by atoms with Gasteiger partial charge in [0.25, 0.3) is 0 Å². The third kappa shape index (κ3) is 4.78. The Labute approximate surface area is 147 Å². The number of hydrogen-bond acceptors (Lipinski definition) is 3. The first-order valence-corrected chi connectivity index (χ1v) is 8.93. The zero-order chi connectivity index (χ0) is 17.6. The van der Waals surface area contributed by atoms with Crippen molar-refractivity contribution in [1.82, 2.24) is 15.1 Å². The fraction of sp³-hybridized carbons (Fsp3) is 0.526. The smallest absolute Gasteiger partial charge is 0.212 e. The molecule has 0 spiro atoms. The first kappa shape index (κ1) is 17.9. The summed E-state index contributed by atoms with van der Waals surface area (Å²) in [5, 5.41) is 7.70. The third-order valence-corrected chi connectivity index (χ3v) is 4.70. The van der Waals surface area contributed by atoms with Crippen LogP contribution in [-0.4, -0.2) is 16.8 Å². The number of nitrogens with zero attached hydrogens (tertiary/aromatic N) is 2. The molecule has 6 heteroatoms. The van der Waals surface area contributed by atoms with Crippen LogP contribution >= 0.6 is 0 Å². The lowest BCUT2D eigenvalue weighted by Crippen LogP contribution is -2.16. The topological polar surface area (TPSA) is 39.1 Å². The van der Waals surface area contributed by atoms with Crippen LogP contribution in [0.5, 0.6) is 5.88 Å². The number of aromatic nitrogens is 2. The van der Waals surface area contributed by atoms with Gasteiger partial charge in [-0.05, 0) is 37.9 Å². The van der Waals surface area contributed by atoms with Crippen molar-refractivity contribution in [3.05, 3.63) is 47.2 Å². The predicted molar refractivity (Wildman–Crippen MR) is 92.3 cm³/mol. The molecule has 136 valence electrons. The van der Waals surface area contributed by atoms with Gasteiger partial charge in [-0.1, -0.05) is 19.3 Å². The maximum absolute atomic E-state index is 13.8. The summed E-state index contributed by atoms with van der Waals surface area (Å²) < 4.78 is 34.5. The Hall–Kier alpha value is -1.95. The van der Waals surface area contributed by atoms with Crippen molar-refractivity contribution in [2.75, 3.05) is 7.05 Å². The minimum atomic E-state index is -0.589. The van der Waals surface area contributed by atoms with E-state index in [0.29, 0.717) is 23.9 Å². The zero-order valence-electron chi connectivity index (χ0n) is 14.6. The van der Waals surface area contributed by atoms with Crippen LogP contribution in [0.3, 0.4) is 0 Å². The first-order valence-electron chi connectivity index (χ1n) is 8.93. The summed E-state index contributed by atoms with van der Waals surface area (Å²) in [6.07, 6.45) is 6.28. The molecule has 1 N–H and O–H groups in total. The van der Waals surface area contributed by atoms with Gasteiger partial charge in [0.05, 0.1) is 5.69 Å². The molecule has 0 aliphatic heterocycles. The molecule has 0 radical (unpaired) electrons. The Morgan fingerprint density at radius 3 is 2.72 bits per heavy atom. The van der Waals surface area contributed by atoms with E-state index in [9.17, 15) is 8.78 Å². The SMILES string of the molecule is CNCc1cc(OCc2ccc(F)cc2F)n(CC2CCCCC2)n1. The minimum Gasteiger partial charge on any atom is -0.473 e. The van der Waals surface area contributed by atoms with Gasteiger partial charge >= 0.3 is 0 Å². The summed E-state index contributed by atoms with van der Waals surface area (Å²) >= 11 is 0. The molecule has 0 unspecified atom stereocenters. The second-order valence-corrected chi connectivity index (χ2v) is 6.71. The van der Waals surface area contributed by atoms with Crippen molar-refractivity contribution in [2.24, 2.45) is 5.92 Å². The van der Waals surface area contributed by atoms with Gasteiger partial charge in [-0.2, -0.15) is 5.10 Å². The van der Waals surface area contributed by atoms with Crippen molar-refractivity contribution >= 4 is 0 Å². The van der Waals surface area contributed by atoms with Crippen LogP contribution in [0.2, 0.25) is 0 Å². The number of benzene rings is 1. The van der Waals surface area contributed by atoms with Gasteiger partial charge in [-0.15, -0.1) is 0 Å². The molecule has 1 fully saturated rings. The average Bonchev–Trinajstić information content (AvgIpc) is 2.97. The van der Waals surface area contributed by atoms with Crippen molar-refractivity contribution < 1.29 is 13.5 Å². The highest BCUT2D eigenvalue weighted by atomic mass is 19.1. The van der Waals surface area contributed by atoms with Crippen LogP contribution in [0.25, 0.3) is 0 Å². The molecule has 1 aromatic heterocycles. The van der Waals surface area contributed by atoms with Gasteiger partial charge in [0.1, 0.15) is 18.2 Å². The summed E-state index contributed by atoms with van der Waals surface area (Å²) in [6.45, 7) is 1.53. The van der Waals surface area contributed by atoms with Crippen LogP contribution in [0, 0.1) is 17.6 Å². The van der Waals surface area contributed by atoms with E-state index in [1.54, 1.807) is 0 Å². The zero-order valence-corrected chi connectivity index (χ0v) is 14.6. The molecule has 25 heavy (non-hydrogen) atoms. The Bertz CT molecular complexity index is 696. The van der Waals surface area contributed by atoms with Gasteiger partial charge in [-0.3, -0.25) is 0 Å². The summed E-state index contributed by atoms with van der Waals surface area (Å²) in [7, 11) is 1.87. The minimum absolute atomic E-state index is 0.0570. The number of hydrogen-bond donors (Lipinski definition) is 1. The van der Waals surface area contributed by atoms with Crippen LogP contribution in [0.15, 0.2) is 24.3 Å². The van der Waals surface area contributed by atoms with Crippen LogP contribution in [0.4, 0.5) is 8.78 Å². The first-order chi connectivity index (χ1) is 12.2. The summed E-state index contributed by atoms with van der Waals surface area (Å²) in [6, 6.07) is 5.43. The standard InChI is InChI=1S/C19H25F2N3O/c1-22-11-17-10-19(24(23-17)12-14-5-3-2-4-6-14)25-13-15-7-8-16(20)9-18(15)21/h7-10,14,22H,2-6,11-13H2,1H3. The quantitative estimate of drug-likeness (QED) is 0.820. The Morgan fingerprint density at radius 1 is 1.20 bits per heavy atom. The number of halogens is 2. The molecule has 4 nitrogen and oxygen atoms in total. The normalized spacial score (nSPS) is 15.5. The summed E-state index contributed by atoms with van der Waals surface area (Å²) in [5.74, 6) is 0.0780. The fourth-order valence-electron chi connectivity index (χ4n) is 3.37. The molecule has 3 rings (SSSR count). The van der Waals surface area contributed by atoms with Crippen molar-refractivity contribution in [3.63, 3.8) is 0 Å². The second-order valence-electron chi connectivity index (χ2n) is 6.71. The third-order valence-electron chi connectivity index (χ3n) is 4.70. The maximum atomic E-state index is 13.8. The van der Waals surface area contributed by atoms with E-state index >= 15 is 0 Å². The fourth-order valence-corrected chi connectivity index (χ4v) is 3.37. The van der Waals surface area contributed by atoms with E-state index < -0.39 is 11.6 Å². The number of rotatable bonds is 7. The second kappa shape index (κ2) is 8.43. The Kier molecular flexibility index (Phi) is 6.02. The molecular formula is C19H25F2N3O. The molecule has 1 aromatic carbocycles. The predicted octanol–water partition coefficient (Wildman–Crippen LogP) is 4.04. The highest BCUT2D eigenvalue weighted by Crippen LogP contribution is 2.27. The lowest BCUT2D eigenvalue weighted by molar-refractivity contribution is 0.242. The van der Waals surface area contributed by atoms with E-state index in [-0.39, 0.29) is 6.61 Å². The summed E-state index contributed by atoms with van der Waals surface area (Å²) in [5.41, 5.74) is 1.23.